The lowest BCUT2D eigenvalue weighted by Gasteiger charge is -2.26. The Morgan fingerprint density at radius 2 is 2.29 bits per heavy atom. The second kappa shape index (κ2) is 6.63. The summed E-state index contributed by atoms with van der Waals surface area (Å²) in [6.07, 6.45) is 2.21. The van der Waals surface area contributed by atoms with Gasteiger partial charge >= 0.3 is 0 Å². The van der Waals surface area contributed by atoms with Crippen LogP contribution >= 0.6 is 0 Å². The fourth-order valence-electron chi connectivity index (χ4n) is 2.95. The van der Waals surface area contributed by atoms with E-state index in [0.717, 1.165) is 12.2 Å². The maximum absolute atomic E-state index is 13.5. The van der Waals surface area contributed by atoms with Crippen molar-refractivity contribution in [2.75, 3.05) is 6.61 Å². The smallest absolute Gasteiger partial charge is 0.255 e. The standard InChI is InChI=1S/C18H22FN3O2/c1-11(2)10-22-12(3)15(9-20-22)18(23)21-16-6-7-24-17-5-4-13(19)8-14(16)17/h4-5,8-9,11,16H,6-7,10H2,1-3H3,(H,21,23)/t16-/m1/s1. The van der Waals surface area contributed by atoms with E-state index in [9.17, 15) is 9.18 Å². The maximum Gasteiger partial charge on any atom is 0.255 e. The van der Waals surface area contributed by atoms with Crippen LogP contribution < -0.4 is 10.1 Å². The van der Waals surface area contributed by atoms with Crippen LogP contribution in [0.1, 0.15) is 47.9 Å². The number of nitrogens with zero attached hydrogens (tertiary/aromatic N) is 2. The summed E-state index contributed by atoms with van der Waals surface area (Å²) in [5.74, 6) is 0.550. The van der Waals surface area contributed by atoms with Crippen molar-refractivity contribution in [1.82, 2.24) is 15.1 Å². The lowest BCUT2D eigenvalue weighted by molar-refractivity contribution is 0.0923. The fourth-order valence-corrected chi connectivity index (χ4v) is 2.95. The molecule has 0 saturated heterocycles. The molecule has 0 unspecified atom stereocenters. The molecule has 1 aromatic carbocycles. The van der Waals surface area contributed by atoms with Crippen LogP contribution in [0.25, 0.3) is 0 Å². The Balaban J connectivity index is 1.79. The second-order valence-electron chi connectivity index (χ2n) is 6.56. The molecule has 128 valence electrons. The molecule has 0 aliphatic carbocycles. The van der Waals surface area contributed by atoms with E-state index >= 15 is 0 Å². The molecule has 6 heteroatoms. The van der Waals surface area contributed by atoms with Crippen LogP contribution in [-0.2, 0) is 6.54 Å². The average Bonchev–Trinajstić information content (AvgIpc) is 2.88. The highest BCUT2D eigenvalue weighted by atomic mass is 19.1. The summed E-state index contributed by atoms with van der Waals surface area (Å²) in [5.41, 5.74) is 2.08. The van der Waals surface area contributed by atoms with Gasteiger partial charge in [-0.05, 0) is 31.0 Å². The van der Waals surface area contributed by atoms with Gasteiger partial charge in [-0.2, -0.15) is 5.10 Å². The van der Waals surface area contributed by atoms with Crippen molar-refractivity contribution >= 4 is 5.91 Å². The van der Waals surface area contributed by atoms with Crippen LogP contribution in [0.2, 0.25) is 0 Å². The van der Waals surface area contributed by atoms with Gasteiger partial charge in [0, 0.05) is 24.2 Å². The largest absolute Gasteiger partial charge is 0.493 e. The molecule has 1 aromatic heterocycles. The Labute approximate surface area is 140 Å². The zero-order valence-corrected chi connectivity index (χ0v) is 14.2. The van der Waals surface area contributed by atoms with Crippen molar-refractivity contribution in [3.8, 4) is 5.75 Å². The Hall–Kier alpha value is -2.37. The minimum Gasteiger partial charge on any atom is -0.493 e. The molecular formula is C18H22FN3O2. The van der Waals surface area contributed by atoms with Crippen LogP contribution in [0.5, 0.6) is 5.75 Å². The van der Waals surface area contributed by atoms with Gasteiger partial charge in [0.05, 0.1) is 24.4 Å². The third-order valence-corrected chi connectivity index (χ3v) is 4.20. The number of nitrogens with one attached hydrogen (secondary N) is 1. The topological polar surface area (TPSA) is 56.1 Å². The van der Waals surface area contributed by atoms with E-state index in [2.05, 4.69) is 24.3 Å². The number of hydrogen-bond acceptors (Lipinski definition) is 3. The number of hydrogen-bond donors (Lipinski definition) is 1. The molecule has 24 heavy (non-hydrogen) atoms. The minimum absolute atomic E-state index is 0.190. The number of halogens is 1. The molecule has 2 heterocycles. The highest BCUT2D eigenvalue weighted by Gasteiger charge is 2.25. The van der Waals surface area contributed by atoms with Crippen molar-refractivity contribution in [1.29, 1.82) is 0 Å². The first-order valence-corrected chi connectivity index (χ1v) is 8.21. The number of benzene rings is 1. The molecule has 1 atom stereocenters. The van der Waals surface area contributed by atoms with Crippen LogP contribution in [-0.4, -0.2) is 22.3 Å². The van der Waals surface area contributed by atoms with Gasteiger partial charge in [0.25, 0.3) is 5.91 Å². The van der Waals surface area contributed by atoms with Gasteiger partial charge in [0.15, 0.2) is 0 Å². The number of fused-ring (bicyclic) bond motifs is 1. The van der Waals surface area contributed by atoms with E-state index in [1.165, 1.54) is 12.1 Å². The lowest BCUT2D eigenvalue weighted by Crippen LogP contribution is -2.32. The number of aromatic nitrogens is 2. The summed E-state index contributed by atoms with van der Waals surface area (Å²) in [6.45, 7) is 7.37. The summed E-state index contributed by atoms with van der Waals surface area (Å²) < 4.78 is 20.9. The van der Waals surface area contributed by atoms with Gasteiger partial charge in [0.1, 0.15) is 11.6 Å². The van der Waals surface area contributed by atoms with E-state index in [1.807, 2.05) is 11.6 Å². The van der Waals surface area contributed by atoms with E-state index in [-0.39, 0.29) is 17.8 Å². The zero-order valence-electron chi connectivity index (χ0n) is 14.2. The van der Waals surface area contributed by atoms with E-state index < -0.39 is 0 Å². The first kappa shape index (κ1) is 16.5. The van der Waals surface area contributed by atoms with Crippen LogP contribution in [0, 0.1) is 18.7 Å². The molecule has 5 nitrogen and oxygen atoms in total. The molecule has 1 aliphatic rings. The van der Waals surface area contributed by atoms with Crippen molar-refractivity contribution in [2.24, 2.45) is 5.92 Å². The quantitative estimate of drug-likeness (QED) is 0.936. The monoisotopic (exact) mass is 331 g/mol. The summed E-state index contributed by atoms with van der Waals surface area (Å²) in [5, 5.41) is 7.29. The Morgan fingerprint density at radius 1 is 1.50 bits per heavy atom. The van der Waals surface area contributed by atoms with Crippen molar-refractivity contribution in [3.05, 3.63) is 47.0 Å². The van der Waals surface area contributed by atoms with Crippen LogP contribution in [0.15, 0.2) is 24.4 Å². The summed E-state index contributed by atoms with van der Waals surface area (Å²) >= 11 is 0. The van der Waals surface area contributed by atoms with Crippen LogP contribution in [0.3, 0.4) is 0 Å². The number of amides is 1. The third-order valence-electron chi connectivity index (χ3n) is 4.20. The summed E-state index contributed by atoms with van der Waals surface area (Å²) in [7, 11) is 0. The van der Waals surface area contributed by atoms with Gasteiger partial charge in [-0.25, -0.2) is 4.39 Å². The SMILES string of the molecule is Cc1c(C(=O)N[C@@H]2CCOc3ccc(F)cc32)cnn1CC(C)C. The van der Waals surface area contributed by atoms with E-state index in [0.29, 0.717) is 35.8 Å². The predicted molar refractivity (Wildman–Crippen MR) is 88.5 cm³/mol. The molecule has 1 N–H and O–H groups in total. The number of carbonyl (C=O) groups excluding carboxylic acids is 1. The highest BCUT2D eigenvalue weighted by molar-refractivity contribution is 5.95. The number of rotatable bonds is 4. The van der Waals surface area contributed by atoms with Crippen LogP contribution in [0.4, 0.5) is 4.39 Å². The Kier molecular flexibility index (Phi) is 4.55. The Bertz CT molecular complexity index is 755. The Morgan fingerprint density at radius 3 is 3.04 bits per heavy atom. The molecule has 1 amide bonds. The van der Waals surface area contributed by atoms with E-state index in [1.54, 1.807) is 12.3 Å². The maximum atomic E-state index is 13.5. The molecule has 2 aromatic rings. The van der Waals surface area contributed by atoms with Crippen molar-refractivity contribution in [2.45, 2.75) is 39.8 Å². The molecule has 1 aliphatic heterocycles. The van der Waals surface area contributed by atoms with Gasteiger partial charge in [0.2, 0.25) is 0 Å². The first-order chi connectivity index (χ1) is 11.5. The lowest BCUT2D eigenvalue weighted by atomic mass is 10.00. The highest BCUT2D eigenvalue weighted by Crippen LogP contribution is 2.32. The third kappa shape index (κ3) is 3.27. The number of carbonyl (C=O) groups is 1. The van der Waals surface area contributed by atoms with Gasteiger partial charge in [-0.3, -0.25) is 9.48 Å². The molecule has 0 fully saturated rings. The van der Waals surface area contributed by atoms with Gasteiger partial charge in [-0.1, -0.05) is 13.8 Å². The summed E-state index contributed by atoms with van der Waals surface area (Å²) in [4.78, 5) is 12.6. The number of ether oxygens (including phenoxy) is 1. The second-order valence-corrected chi connectivity index (χ2v) is 6.56. The molecule has 0 radical (unpaired) electrons. The predicted octanol–water partition coefficient (Wildman–Crippen LogP) is 3.24. The van der Waals surface area contributed by atoms with Crippen molar-refractivity contribution in [3.63, 3.8) is 0 Å². The molecule has 3 rings (SSSR count). The molecule has 0 bridgehead atoms. The van der Waals surface area contributed by atoms with Crippen molar-refractivity contribution < 1.29 is 13.9 Å². The van der Waals surface area contributed by atoms with Gasteiger partial charge in [-0.15, -0.1) is 0 Å². The fraction of sp³-hybridized carbons (Fsp3) is 0.444. The molecular weight excluding hydrogens is 309 g/mol. The average molecular weight is 331 g/mol. The first-order valence-electron chi connectivity index (χ1n) is 8.21. The molecule has 0 spiro atoms. The van der Waals surface area contributed by atoms with Gasteiger partial charge < -0.3 is 10.1 Å². The minimum atomic E-state index is -0.334. The normalized spacial score (nSPS) is 16.6. The zero-order chi connectivity index (χ0) is 17.3. The molecule has 0 saturated carbocycles. The summed E-state index contributed by atoms with van der Waals surface area (Å²) in [6, 6.07) is 4.14. The van der Waals surface area contributed by atoms with E-state index in [4.69, 9.17) is 4.74 Å².